The van der Waals surface area contributed by atoms with E-state index < -0.39 is 11.9 Å². The monoisotopic (exact) mass is 606 g/mol. The molecule has 5 rings (SSSR count). The minimum absolute atomic E-state index is 0.000887. The van der Waals surface area contributed by atoms with Crippen molar-refractivity contribution in [1.29, 1.82) is 0 Å². The standard InChI is InChI=1S/C29H27FN6O6S/c1-16-10-18(26-22(11-16)34-25(40-3)15-32-26)27-35-21-12-19(30)23(13-24(21)43-27)41-8-9-42-29(39)33-17-4-5-20(31-14-17)28(38)36(2)6-7-37/h4-5,10-15,37H,6-9H2,1-3H3,(H,33,39). The molecule has 0 aliphatic rings. The Morgan fingerprint density at radius 2 is 1.91 bits per heavy atom. The maximum atomic E-state index is 14.8. The number of aliphatic hydroxyl groups is 1. The molecule has 0 unspecified atom stereocenters. The SMILES string of the molecule is COc1cnc2c(-c3nc4cc(F)c(OCCOC(=O)Nc5ccc(C(=O)N(C)CCO)nc5)cc4s3)cc(C)cc2n1. The molecule has 12 nitrogen and oxygen atoms in total. The molecule has 5 aromatic rings. The Bertz CT molecular complexity index is 1800. The smallest absolute Gasteiger partial charge is 0.411 e. The van der Waals surface area contributed by atoms with Crippen LogP contribution in [0.3, 0.4) is 0 Å². The third-order valence-corrected chi connectivity index (χ3v) is 7.29. The number of methoxy groups -OCH3 is 1. The molecule has 0 spiro atoms. The second-order valence-electron chi connectivity index (χ2n) is 9.35. The quantitative estimate of drug-likeness (QED) is 0.218. The van der Waals surface area contributed by atoms with Crippen LogP contribution in [0.15, 0.2) is 48.8 Å². The summed E-state index contributed by atoms with van der Waals surface area (Å²) in [6.07, 6.45) is 2.09. The van der Waals surface area contributed by atoms with Gasteiger partial charge in [0.15, 0.2) is 11.6 Å². The van der Waals surface area contributed by atoms with Gasteiger partial charge in [0, 0.05) is 31.3 Å². The van der Waals surface area contributed by atoms with E-state index in [2.05, 4.69) is 25.3 Å². The van der Waals surface area contributed by atoms with Crippen molar-refractivity contribution >= 4 is 50.3 Å². The van der Waals surface area contributed by atoms with Crippen LogP contribution in [-0.4, -0.2) is 82.5 Å². The van der Waals surface area contributed by atoms with Crippen molar-refractivity contribution in [2.24, 2.45) is 0 Å². The van der Waals surface area contributed by atoms with Crippen LogP contribution in [0.2, 0.25) is 0 Å². The van der Waals surface area contributed by atoms with Gasteiger partial charge in [-0.2, -0.15) is 0 Å². The van der Waals surface area contributed by atoms with E-state index >= 15 is 0 Å². The van der Waals surface area contributed by atoms with Gasteiger partial charge in [-0.15, -0.1) is 11.3 Å². The number of pyridine rings is 1. The van der Waals surface area contributed by atoms with Crippen molar-refractivity contribution < 1.29 is 33.3 Å². The van der Waals surface area contributed by atoms with Gasteiger partial charge in [-0.3, -0.25) is 10.1 Å². The number of hydrogen-bond donors (Lipinski definition) is 2. The average molecular weight is 607 g/mol. The van der Waals surface area contributed by atoms with Gasteiger partial charge in [0.2, 0.25) is 5.88 Å². The number of ether oxygens (including phenoxy) is 3. The Morgan fingerprint density at radius 3 is 2.65 bits per heavy atom. The molecular weight excluding hydrogens is 579 g/mol. The number of anilines is 1. The lowest BCUT2D eigenvalue weighted by Gasteiger charge is -2.15. The molecule has 0 radical (unpaired) electrons. The summed E-state index contributed by atoms with van der Waals surface area (Å²) in [5.74, 6) is -0.556. The summed E-state index contributed by atoms with van der Waals surface area (Å²) in [6, 6.07) is 9.68. The Kier molecular flexibility index (Phi) is 8.87. The van der Waals surface area contributed by atoms with Crippen LogP contribution in [0, 0.1) is 12.7 Å². The molecular formula is C29H27FN6O6S. The zero-order valence-corrected chi connectivity index (χ0v) is 24.3. The van der Waals surface area contributed by atoms with E-state index in [-0.39, 0.29) is 43.7 Å². The van der Waals surface area contributed by atoms with Crippen molar-refractivity contribution in [2.45, 2.75) is 6.92 Å². The Hall–Kier alpha value is -4.95. The number of amides is 2. The van der Waals surface area contributed by atoms with E-state index in [0.717, 1.165) is 11.1 Å². The van der Waals surface area contributed by atoms with Crippen LogP contribution < -0.4 is 14.8 Å². The van der Waals surface area contributed by atoms with Crippen molar-refractivity contribution in [3.05, 3.63) is 65.9 Å². The number of fused-ring (bicyclic) bond motifs is 2. The van der Waals surface area contributed by atoms with Crippen molar-refractivity contribution in [2.75, 3.05) is 45.8 Å². The van der Waals surface area contributed by atoms with Gasteiger partial charge >= 0.3 is 6.09 Å². The number of thiazole rings is 1. The number of nitrogens with one attached hydrogen (secondary N) is 1. The van der Waals surface area contributed by atoms with Crippen LogP contribution in [-0.2, 0) is 4.74 Å². The molecule has 0 saturated heterocycles. The van der Waals surface area contributed by atoms with Gasteiger partial charge in [0.25, 0.3) is 5.91 Å². The highest BCUT2D eigenvalue weighted by molar-refractivity contribution is 7.21. The summed E-state index contributed by atoms with van der Waals surface area (Å²) in [5.41, 5.74) is 4.02. The van der Waals surface area contributed by atoms with Crippen molar-refractivity contribution in [3.8, 4) is 22.2 Å². The molecule has 0 aliphatic heterocycles. The van der Waals surface area contributed by atoms with Crippen LogP contribution in [0.1, 0.15) is 16.1 Å². The number of carbonyl (C=O) groups is 2. The van der Waals surface area contributed by atoms with Gasteiger partial charge < -0.3 is 24.2 Å². The fourth-order valence-corrected chi connectivity index (χ4v) is 5.14. The highest BCUT2D eigenvalue weighted by Gasteiger charge is 2.17. The number of rotatable bonds is 10. The average Bonchev–Trinajstić information content (AvgIpc) is 3.41. The minimum Gasteiger partial charge on any atom is -0.487 e. The number of aromatic nitrogens is 4. The van der Waals surface area contributed by atoms with Crippen LogP contribution >= 0.6 is 11.3 Å². The number of carbonyl (C=O) groups excluding carboxylic acids is 2. The van der Waals surface area contributed by atoms with Gasteiger partial charge in [0.05, 0.1) is 53.0 Å². The zero-order chi connectivity index (χ0) is 30.5. The van der Waals surface area contributed by atoms with Crippen molar-refractivity contribution in [1.82, 2.24) is 24.8 Å². The number of nitrogens with zero attached hydrogens (tertiary/aromatic N) is 5. The van der Waals surface area contributed by atoms with Gasteiger partial charge in [0.1, 0.15) is 23.9 Å². The largest absolute Gasteiger partial charge is 0.487 e. The maximum absolute atomic E-state index is 14.8. The highest BCUT2D eigenvalue weighted by atomic mass is 32.1. The van der Waals surface area contributed by atoms with E-state index in [4.69, 9.17) is 19.3 Å². The minimum atomic E-state index is -0.768. The molecule has 0 aliphatic carbocycles. The second kappa shape index (κ2) is 12.9. The summed E-state index contributed by atoms with van der Waals surface area (Å²) in [4.78, 5) is 43.3. The van der Waals surface area contributed by atoms with E-state index in [0.29, 0.717) is 37.8 Å². The molecule has 43 heavy (non-hydrogen) atoms. The van der Waals surface area contributed by atoms with Crippen LogP contribution in [0.5, 0.6) is 11.6 Å². The molecule has 2 aromatic carbocycles. The number of aliphatic hydroxyl groups excluding tert-OH is 1. The summed E-state index contributed by atoms with van der Waals surface area (Å²) >= 11 is 1.37. The van der Waals surface area contributed by atoms with Gasteiger partial charge in [-0.05, 0) is 36.8 Å². The lowest BCUT2D eigenvalue weighted by Crippen LogP contribution is -2.30. The Balaban J connectivity index is 1.19. The van der Waals surface area contributed by atoms with E-state index in [1.54, 1.807) is 19.3 Å². The highest BCUT2D eigenvalue weighted by Crippen LogP contribution is 2.37. The third-order valence-electron chi connectivity index (χ3n) is 6.24. The number of hydrogen-bond acceptors (Lipinski definition) is 11. The zero-order valence-electron chi connectivity index (χ0n) is 23.5. The molecule has 0 fully saturated rings. The van der Waals surface area contributed by atoms with E-state index in [9.17, 15) is 14.0 Å². The number of likely N-dealkylation sites (N-methyl/N-ethyl adjacent to an activating group) is 1. The van der Waals surface area contributed by atoms with Gasteiger partial charge in [-0.1, -0.05) is 0 Å². The number of aryl methyl sites for hydroxylation is 1. The normalized spacial score (nSPS) is 11.0. The second-order valence-corrected chi connectivity index (χ2v) is 10.4. The first-order chi connectivity index (χ1) is 20.7. The topological polar surface area (TPSA) is 149 Å². The fourth-order valence-electron chi connectivity index (χ4n) is 4.15. The Morgan fingerprint density at radius 1 is 1.07 bits per heavy atom. The molecule has 3 aromatic heterocycles. The molecule has 2 N–H and O–H groups in total. The summed E-state index contributed by atoms with van der Waals surface area (Å²) in [5, 5.41) is 12.1. The molecule has 0 atom stereocenters. The lowest BCUT2D eigenvalue weighted by molar-refractivity contribution is 0.0761. The molecule has 222 valence electrons. The van der Waals surface area contributed by atoms with Gasteiger partial charge in [-0.25, -0.2) is 29.1 Å². The summed E-state index contributed by atoms with van der Waals surface area (Å²) in [7, 11) is 3.07. The molecule has 14 heteroatoms. The molecule has 2 amide bonds. The third kappa shape index (κ3) is 6.76. The fraction of sp³-hybridized carbons (Fsp3) is 0.241. The predicted molar refractivity (Wildman–Crippen MR) is 158 cm³/mol. The van der Waals surface area contributed by atoms with E-state index in [1.807, 2.05) is 19.1 Å². The number of halogens is 1. The summed E-state index contributed by atoms with van der Waals surface area (Å²) in [6.45, 7) is 1.72. The van der Waals surface area contributed by atoms with E-state index in [1.165, 1.54) is 47.7 Å². The van der Waals surface area contributed by atoms with Crippen molar-refractivity contribution in [3.63, 3.8) is 0 Å². The Labute approximate surface area is 249 Å². The molecule has 0 bridgehead atoms. The maximum Gasteiger partial charge on any atom is 0.411 e. The first-order valence-electron chi connectivity index (χ1n) is 13.1. The lowest BCUT2D eigenvalue weighted by atomic mass is 10.1. The first-order valence-corrected chi connectivity index (χ1v) is 13.9. The molecule has 0 saturated carbocycles. The predicted octanol–water partition coefficient (Wildman–Crippen LogP) is 4.45. The van der Waals surface area contributed by atoms with Crippen LogP contribution in [0.25, 0.3) is 31.8 Å². The van der Waals surface area contributed by atoms with Crippen LogP contribution in [0.4, 0.5) is 14.9 Å². The molecule has 3 heterocycles. The first kappa shape index (κ1) is 29.5. The number of benzene rings is 2. The summed E-state index contributed by atoms with van der Waals surface area (Å²) < 4.78 is 31.4.